The summed E-state index contributed by atoms with van der Waals surface area (Å²) in [7, 11) is 0. The van der Waals surface area contributed by atoms with Crippen LogP contribution in [0.4, 0.5) is 0 Å². The second kappa shape index (κ2) is 6.40. The third-order valence-electron chi connectivity index (χ3n) is 4.03. The molecular formula is C16H26N2O. The van der Waals surface area contributed by atoms with Gasteiger partial charge in [0.15, 0.2) is 0 Å². The van der Waals surface area contributed by atoms with Gasteiger partial charge in [0.25, 0.3) is 0 Å². The molecule has 3 nitrogen and oxygen atoms in total. The largest absolute Gasteiger partial charge is 0.493 e. The third kappa shape index (κ3) is 3.71. The van der Waals surface area contributed by atoms with E-state index in [0.29, 0.717) is 12.5 Å². The molecule has 0 saturated heterocycles. The molecule has 0 bridgehead atoms. The average Bonchev–Trinajstić information content (AvgIpc) is 3.27. The maximum atomic E-state index is 6.02. The van der Waals surface area contributed by atoms with Gasteiger partial charge in [0.1, 0.15) is 5.75 Å². The van der Waals surface area contributed by atoms with E-state index in [1.807, 2.05) is 6.07 Å². The molecule has 106 valence electrons. The minimum Gasteiger partial charge on any atom is -0.493 e. The minimum atomic E-state index is -0.0831. The molecule has 0 amide bonds. The number of hydrogen-bond donors (Lipinski definition) is 2. The van der Waals surface area contributed by atoms with E-state index in [-0.39, 0.29) is 6.04 Å². The van der Waals surface area contributed by atoms with Crippen LogP contribution in [0.15, 0.2) is 18.2 Å². The summed E-state index contributed by atoms with van der Waals surface area (Å²) < 4.78 is 5.98. The van der Waals surface area contributed by atoms with Crippen molar-refractivity contribution in [3.8, 4) is 5.75 Å². The molecule has 2 atom stereocenters. The van der Waals surface area contributed by atoms with Crippen molar-refractivity contribution in [3.63, 3.8) is 0 Å². The highest BCUT2D eigenvalue weighted by molar-refractivity contribution is 5.40. The quantitative estimate of drug-likeness (QED) is 0.794. The number of hydrogen-bond acceptors (Lipinski definition) is 3. The molecule has 2 unspecified atom stereocenters. The van der Waals surface area contributed by atoms with Crippen LogP contribution in [0.2, 0.25) is 0 Å². The molecule has 1 aliphatic carbocycles. The Labute approximate surface area is 116 Å². The van der Waals surface area contributed by atoms with E-state index < -0.39 is 0 Å². The first-order valence-electron chi connectivity index (χ1n) is 7.38. The number of rotatable bonds is 7. The Hall–Kier alpha value is -1.06. The van der Waals surface area contributed by atoms with Crippen LogP contribution in [0.5, 0.6) is 5.75 Å². The summed E-state index contributed by atoms with van der Waals surface area (Å²) in [6, 6.07) is 6.20. The predicted octanol–water partition coefficient (Wildman–Crippen LogP) is 2.95. The lowest BCUT2D eigenvalue weighted by molar-refractivity contribution is 0.295. The fourth-order valence-electron chi connectivity index (χ4n) is 2.16. The van der Waals surface area contributed by atoms with Crippen LogP contribution >= 0.6 is 0 Å². The topological polar surface area (TPSA) is 61.3 Å². The fourth-order valence-corrected chi connectivity index (χ4v) is 2.16. The first-order chi connectivity index (χ1) is 9.15. The standard InChI is InChI=1S/C16H26N2O/c1-3-11(2)14-8-13(15(18)9-17)6-7-16(14)19-10-12-4-5-12/h6-8,11-12,15H,3-5,9-10,17-18H2,1-2H3. The van der Waals surface area contributed by atoms with E-state index in [1.54, 1.807) is 0 Å². The smallest absolute Gasteiger partial charge is 0.122 e. The summed E-state index contributed by atoms with van der Waals surface area (Å²) in [5.41, 5.74) is 14.0. The van der Waals surface area contributed by atoms with Gasteiger partial charge in [-0.25, -0.2) is 0 Å². The van der Waals surface area contributed by atoms with E-state index >= 15 is 0 Å². The normalized spacial score (nSPS) is 18.1. The van der Waals surface area contributed by atoms with E-state index in [0.717, 1.165) is 30.3 Å². The van der Waals surface area contributed by atoms with Gasteiger partial charge in [0.2, 0.25) is 0 Å². The van der Waals surface area contributed by atoms with E-state index in [2.05, 4.69) is 26.0 Å². The molecule has 1 saturated carbocycles. The molecule has 0 radical (unpaired) electrons. The summed E-state index contributed by atoms with van der Waals surface area (Å²) in [6.45, 7) is 5.76. The molecule has 0 heterocycles. The highest BCUT2D eigenvalue weighted by atomic mass is 16.5. The van der Waals surface area contributed by atoms with Crippen LogP contribution in [-0.4, -0.2) is 13.2 Å². The monoisotopic (exact) mass is 262 g/mol. The van der Waals surface area contributed by atoms with Gasteiger partial charge in [0, 0.05) is 12.6 Å². The van der Waals surface area contributed by atoms with Gasteiger partial charge in [-0.05, 0) is 48.3 Å². The van der Waals surface area contributed by atoms with E-state index in [4.69, 9.17) is 16.2 Å². The van der Waals surface area contributed by atoms with Crippen LogP contribution in [-0.2, 0) is 0 Å². The molecular weight excluding hydrogens is 236 g/mol. The molecule has 1 aromatic carbocycles. The Kier molecular flexibility index (Phi) is 4.83. The number of nitrogens with two attached hydrogens (primary N) is 2. The second-order valence-corrected chi connectivity index (χ2v) is 5.70. The molecule has 4 N–H and O–H groups in total. The molecule has 3 heteroatoms. The maximum absolute atomic E-state index is 6.02. The van der Waals surface area contributed by atoms with Crippen LogP contribution in [0.25, 0.3) is 0 Å². The Morgan fingerprint density at radius 3 is 2.68 bits per heavy atom. The molecule has 1 aliphatic rings. The van der Waals surface area contributed by atoms with Crippen molar-refractivity contribution in [1.82, 2.24) is 0 Å². The highest BCUT2D eigenvalue weighted by Gasteiger charge is 2.23. The summed E-state index contributed by atoms with van der Waals surface area (Å²) in [5.74, 6) is 2.28. The highest BCUT2D eigenvalue weighted by Crippen LogP contribution is 2.34. The summed E-state index contributed by atoms with van der Waals surface area (Å²) in [5, 5.41) is 0. The zero-order valence-electron chi connectivity index (χ0n) is 12.1. The lowest BCUT2D eigenvalue weighted by atomic mass is 9.94. The van der Waals surface area contributed by atoms with E-state index in [1.165, 1.54) is 18.4 Å². The molecule has 1 aromatic rings. The molecule has 2 rings (SSSR count). The molecule has 0 spiro atoms. The maximum Gasteiger partial charge on any atom is 0.122 e. The van der Waals surface area contributed by atoms with Crippen molar-refractivity contribution < 1.29 is 4.74 Å². The Morgan fingerprint density at radius 2 is 2.11 bits per heavy atom. The third-order valence-corrected chi connectivity index (χ3v) is 4.03. The predicted molar refractivity (Wildman–Crippen MR) is 79.3 cm³/mol. The van der Waals surface area contributed by atoms with Gasteiger partial charge in [-0.15, -0.1) is 0 Å². The molecule has 1 fully saturated rings. The van der Waals surface area contributed by atoms with Gasteiger partial charge < -0.3 is 16.2 Å². The van der Waals surface area contributed by atoms with Crippen molar-refractivity contribution in [2.75, 3.05) is 13.2 Å². The van der Waals surface area contributed by atoms with Crippen LogP contribution in [0, 0.1) is 5.92 Å². The van der Waals surface area contributed by atoms with Gasteiger partial charge in [-0.2, -0.15) is 0 Å². The van der Waals surface area contributed by atoms with Crippen LogP contribution < -0.4 is 16.2 Å². The first-order valence-corrected chi connectivity index (χ1v) is 7.38. The lowest BCUT2D eigenvalue weighted by Gasteiger charge is -2.19. The first kappa shape index (κ1) is 14.4. The molecule has 19 heavy (non-hydrogen) atoms. The summed E-state index contributed by atoms with van der Waals surface area (Å²) in [4.78, 5) is 0. The van der Waals surface area contributed by atoms with Crippen molar-refractivity contribution in [1.29, 1.82) is 0 Å². The van der Waals surface area contributed by atoms with Crippen LogP contribution in [0.1, 0.15) is 56.2 Å². The van der Waals surface area contributed by atoms with Gasteiger partial charge in [-0.3, -0.25) is 0 Å². The summed E-state index contributed by atoms with van der Waals surface area (Å²) >= 11 is 0. The zero-order valence-corrected chi connectivity index (χ0v) is 12.1. The Bertz CT molecular complexity index is 415. The number of ether oxygens (including phenoxy) is 1. The molecule has 0 aromatic heterocycles. The van der Waals surface area contributed by atoms with Gasteiger partial charge in [-0.1, -0.05) is 26.0 Å². The van der Waals surface area contributed by atoms with Gasteiger partial charge in [0.05, 0.1) is 6.61 Å². The van der Waals surface area contributed by atoms with Crippen molar-refractivity contribution >= 4 is 0 Å². The SMILES string of the molecule is CCC(C)c1cc(C(N)CN)ccc1OCC1CC1. The van der Waals surface area contributed by atoms with Crippen molar-refractivity contribution in [2.45, 2.75) is 45.1 Å². The van der Waals surface area contributed by atoms with Crippen molar-refractivity contribution in [2.24, 2.45) is 17.4 Å². The molecule has 0 aliphatic heterocycles. The van der Waals surface area contributed by atoms with Gasteiger partial charge >= 0.3 is 0 Å². The minimum absolute atomic E-state index is 0.0831. The zero-order chi connectivity index (χ0) is 13.8. The fraction of sp³-hybridized carbons (Fsp3) is 0.625. The lowest BCUT2D eigenvalue weighted by Crippen LogP contribution is -2.21. The Balaban J connectivity index is 2.19. The number of benzene rings is 1. The van der Waals surface area contributed by atoms with Crippen LogP contribution in [0.3, 0.4) is 0 Å². The Morgan fingerprint density at radius 1 is 1.37 bits per heavy atom. The van der Waals surface area contributed by atoms with E-state index in [9.17, 15) is 0 Å². The van der Waals surface area contributed by atoms with Crippen molar-refractivity contribution in [3.05, 3.63) is 29.3 Å². The average molecular weight is 262 g/mol. The summed E-state index contributed by atoms with van der Waals surface area (Å²) in [6.07, 6.45) is 3.73. The second-order valence-electron chi connectivity index (χ2n) is 5.70.